The van der Waals surface area contributed by atoms with Crippen molar-refractivity contribution in [2.45, 2.75) is 46.6 Å². The molecule has 0 radical (unpaired) electrons. The minimum absolute atomic E-state index is 0.153. The maximum absolute atomic E-state index is 11.8. The first-order valence-corrected chi connectivity index (χ1v) is 5.93. The zero-order chi connectivity index (χ0) is 11.5. The second-order valence-corrected chi connectivity index (χ2v) is 5.62. The Kier molecular flexibility index (Phi) is 4.14. The largest absolute Gasteiger partial charge is 0.353 e. The van der Waals surface area contributed by atoms with Crippen LogP contribution in [0.3, 0.4) is 0 Å². The predicted molar refractivity (Wildman–Crippen MR) is 62.7 cm³/mol. The molecule has 0 aromatic carbocycles. The van der Waals surface area contributed by atoms with Gasteiger partial charge in [-0.15, -0.1) is 0 Å². The molecule has 0 aromatic rings. The third-order valence-electron chi connectivity index (χ3n) is 3.08. The summed E-state index contributed by atoms with van der Waals surface area (Å²) in [5.74, 6) is 0.741. The van der Waals surface area contributed by atoms with Gasteiger partial charge >= 0.3 is 0 Å². The van der Waals surface area contributed by atoms with Crippen LogP contribution < -0.4 is 10.6 Å². The van der Waals surface area contributed by atoms with E-state index in [0.29, 0.717) is 5.92 Å². The first-order valence-electron chi connectivity index (χ1n) is 5.93. The lowest BCUT2D eigenvalue weighted by molar-refractivity contribution is -0.129. The van der Waals surface area contributed by atoms with Crippen LogP contribution in [0.15, 0.2) is 0 Å². The van der Waals surface area contributed by atoms with Crippen LogP contribution in [-0.4, -0.2) is 25.0 Å². The maximum Gasteiger partial charge on any atom is 0.225 e. The SMILES string of the molecule is CC(NC(=O)C(C)(C)C)C1CCCNC1. The van der Waals surface area contributed by atoms with Crippen LogP contribution in [0.1, 0.15) is 40.5 Å². The van der Waals surface area contributed by atoms with E-state index in [-0.39, 0.29) is 17.4 Å². The fourth-order valence-electron chi connectivity index (χ4n) is 1.85. The van der Waals surface area contributed by atoms with E-state index >= 15 is 0 Å². The molecule has 1 amide bonds. The average molecular weight is 212 g/mol. The summed E-state index contributed by atoms with van der Waals surface area (Å²) in [6.45, 7) is 10.1. The summed E-state index contributed by atoms with van der Waals surface area (Å²) in [6.07, 6.45) is 2.44. The van der Waals surface area contributed by atoms with Gasteiger partial charge in [-0.2, -0.15) is 0 Å². The molecule has 1 saturated heterocycles. The van der Waals surface area contributed by atoms with Crippen molar-refractivity contribution >= 4 is 5.91 Å². The van der Waals surface area contributed by atoms with E-state index in [2.05, 4.69) is 17.6 Å². The number of piperidine rings is 1. The Bertz CT molecular complexity index is 214. The summed E-state index contributed by atoms with van der Waals surface area (Å²) in [5.41, 5.74) is -0.281. The minimum Gasteiger partial charge on any atom is -0.353 e. The molecule has 2 atom stereocenters. The van der Waals surface area contributed by atoms with E-state index in [1.807, 2.05) is 20.8 Å². The first kappa shape index (κ1) is 12.5. The van der Waals surface area contributed by atoms with E-state index in [4.69, 9.17) is 0 Å². The molecule has 88 valence electrons. The number of nitrogens with one attached hydrogen (secondary N) is 2. The Balaban J connectivity index is 2.40. The Morgan fingerprint density at radius 3 is 2.60 bits per heavy atom. The van der Waals surface area contributed by atoms with Crippen molar-refractivity contribution in [1.82, 2.24) is 10.6 Å². The minimum atomic E-state index is -0.281. The highest BCUT2D eigenvalue weighted by atomic mass is 16.2. The molecule has 3 nitrogen and oxygen atoms in total. The molecule has 1 aliphatic heterocycles. The zero-order valence-corrected chi connectivity index (χ0v) is 10.4. The van der Waals surface area contributed by atoms with Gasteiger partial charge in [-0.3, -0.25) is 4.79 Å². The highest BCUT2D eigenvalue weighted by Gasteiger charge is 2.26. The third-order valence-corrected chi connectivity index (χ3v) is 3.08. The van der Waals surface area contributed by atoms with Gasteiger partial charge in [0.1, 0.15) is 0 Å². The van der Waals surface area contributed by atoms with Crippen molar-refractivity contribution in [2.24, 2.45) is 11.3 Å². The molecule has 1 aliphatic rings. The van der Waals surface area contributed by atoms with Gasteiger partial charge in [-0.05, 0) is 38.8 Å². The fraction of sp³-hybridized carbons (Fsp3) is 0.917. The van der Waals surface area contributed by atoms with Crippen molar-refractivity contribution < 1.29 is 4.79 Å². The number of amides is 1. The van der Waals surface area contributed by atoms with Gasteiger partial charge in [0, 0.05) is 11.5 Å². The molecule has 2 unspecified atom stereocenters. The quantitative estimate of drug-likeness (QED) is 0.729. The van der Waals surface area contributed by atoms with E-state index in [1.54, 1.807) is 0 Å². The van der Waals surface area contributed by atoms with E-state index in [9.17, 15) is 4.79 Å². The van der Waals surface area contributed by atoms with Crippen LogP contribution in [0.25, 0.3) is 0 Å². The summed E-state index contributed by atoms with van der Waals surface area (Å²) in [5, 5.41) is 6.49. The molecule has 3 heteroatoms. The van der Waals surface area contributed by atoms with E-state index < -0.39 is 0 Å². The highest BCUT2D eigenvalue weighted by molar-refractivity contribution is 5.81. The summed E-state index contributed by atoms with van der Waals surface area (Å²) < 4.78 is 0. The average Bonchev–Trinajstić information content (AvgIpc) is 2.17. The molecule has 2 N–H and O–H groups in total. The lowest BCUT2D eigenvalue weighted by atomic mass is 9.90. The number of rotatable bonds is 2. The van der Waals surface area contributed by atoms with Gasteiger partial charge in [0.05, 0.1) is 0 Å². The molecule has 1 heterocycles. The molecular formula is C12H24N2O. The molecule has 0 bridgehead atoms. The Morgan fingerprint density at radius 2 is 2.13 bits per heavy atom. The summed E-state index contributed by atoms with van der Waals surface area (Å²) in [6, 6.07) is 0.282. The molecule has 0 aliphatic carbocycles. The normalized spacial score (nSPS) is 24.7. The van der Waals surface area contributed by atoms with Crippen LogP contribution in [-0.2, 0) is 4.79 Å². The summed E-state index contributed by atoms with van der Waals surface area (Å²) >= 11 is 0. The van der Waals surface area contributed by atoms with E-state index in [0.717, 1.165) is 13.1 Å². The number of carbonyl (C=O) groups excluding carboxylic acids is 1. The number of hydrogen-bond acceptors (Lipinski definition) is 2. The second-order valence-electron chi connectivity index (χ2n) is 5.62. The highest BCUT2D eigenvalue weighted by Crippen LogP contribution is 2.17. The molecule has 0 saturated carbocycles. The predicted octanol–water partition coefficient (Wildman–Crippen LogP) is 1.54. The Morgan fingerprint density at radius 1 is 1.47 bits per heavy atom. The fourth-order valence-corrected chi connectivity index (χ4v) is 1.85. The van der Waals surface area contributed by atoms with Crippen molar-refractivity contribution in [3.63, 3.8) is 0 Å². The van der Waals surface area contributed by atoms with Gasteiger partial charge in [0.2, 0.25) is 5.91 Å². The third kappa shape index (κ3) is 3.82. The Hall–Kier alpha value is -0.570. The van der Waals surface area contributed by atoms with Gasteiger partial charge in [0.15, 0.2) is 0 Å². The monoisotopic (exact) mass is 212 g/mol. The number of carbonyl (C=O) groups is 1. The first-order chi connectivity index (χ1) is 6.91. The van der Waals surface area contributed by atoms with Crippen LogP contribution in [0, 0.1) is 11.3 Å². The molecule has 15 heavy (non-hydrogen) atoms. The topological polar surface area (TPSA) is 41.1 Å². The lowest BCUT2D eigenvalue weighted by Gasteiger charge is -2.31. The summed E-state index contributed by atoms with van der Waals surface area (Å²) in [4.78, 5) is 11.8. The lowest BCUT2D eigenvalue weighted by Crippen LogP contribution is -2.47. The molecule has 0 aromatic heterocycles. The van der Waals surface area contributed by atoms with Crippen molar-refractivity contribution in [3.05, 3.63) is 0 Å². The van der Waals surface area contributed by atoms with Crippen molar-refractivity contribution in [3.8, 4) is 0 Å². The van der Waals surface area contributed by atoms with Crippen LogP contribution in [0.5, 0.6) is 0 Å². The van der Waals surface area contributed by atoms with Crippen LogP contribution in [0.2, 0.25) is 0 Å². The molecular weight excluding hydrogens is 188 g/mol. The van der Waals surface area contributed by atoms with Gasteiger partial charge in [-0.25, -0.2) is 0 Å². The number of hydrogen-bond donors (Lipinski definition) is 2. The van der Waals surface area contributed by atoms with Gasteiger partial charge in [0.25, 0.3) is 0 Å². The second kappa shape index (κ2) is 4.97. The van der Waals surface area contributed by atoms with Gasteiger partial charge in [-0.1, -0.05) is 20.8 Å². The van der Waals surface area contributed by atoms with Gasteiger partial charge < -0.3 is 10.6 Å². The van der Waals surface area contributed by atoms with E-state index in [1.165, 1.54) is 12.8 Å². The zero-order valence-electron chi connectivity index (χ0n) is 10.4. The maximum atomic E-state index is 11.8. The van der Waals surface area contributed by atoms with Crippen LogP contribution in [0.4, 0.5) is 0 Å². The standard InChI is InChI=1S/C12H24N2O/c1-9(10-6-5-7-13-8-10)14-11(15)12(2,3)4/h9-10,13H,5-8H2,1-4H3,(H,14,15). The molecule has 0 spiro atoms. The molecule has 1 rings (SSSR count). The van der Waals surface area contributed by atoms with Crippen LogP contribution >= 0.6 is 0 Å². The molecule has 1 fully saturated rings. The van der Waals surface area contributed by atoms with Crippen molar-refractivity contribution in [2.75, 3.05) is 13.1 Å². The smallest absolute Gasteiger partial charge is 0.225 e. The van der Waals surface area contributed by atoms with Crippen molar-refractivity contribution in [1.29, 1.82) is 0 Å². The summed E-state index contributed by atoms with van der Waals surface area (Å²) in [7, 11) is 0. The Labute approximate surface area is 93.0 Å².